The van der Waals surface area contributed by atoms with E-state index in [2.05, 4.69) is 4.98 Å². The van der Waals surface area contributed by atoms with Gasteiger partial charge in [-0.25, -0.2) is 4.39 Å². The van der Waals surface area contributed by atoms with E-state index in [0.29, 0.717) is 22.2 Å². The van der Waals surface area contributed by atoms with Crippen LogP contribution >= 0.6 is 0 Å². The van der Waals surface area contributed by atoms with Gasteiger partial charge in [0.25, 0.3) is 5.91 Å². The van der Waals surface area contributed by atoms with Crippen LogP contribution in [-0.4, -0.2) is 49.7 Å². The summed E-state index contributed by atoms with van der Waals surface area (Å²) in [6, 6.07) is 28.9. The highest BCUT2D eigenvalue weighted by Crippen LogP contribution is 2.47. The van der Waals surface area contributed by atoms with E-state index in [1.807, 2.05) is 60.7 Å². The van der Waals surface area contributed by atoms with E-state index in [1.165, 1.54) is 37.6 Å². The standard InChI is InChI=1S/C34H31FN4O4S/c1-37(2)44(41,42)38(3)31-27-15-10-20-36-30(27)33(43-32(24-11-6-4-7-12-24)25-13-8-5-9-14-25)29-28(31)22-39(34(29)40)21-23-16-18-26(35)19-17-23/h4-20,32H,21-22H2,1-3H3. The highest BCUT2D eigenvalue weighted by atomic mass is 32.2. The average molecular weight is 611 g/mol. The highest BCUT2D eigenvalue weighted by Gasteiger charge is 2.39. The normalized spacial score (nSPS) is 13.1. The number of amides is 1. The van der Waals surface area contributed by atoms with Crippen molar-refractivity contribution < 1.29 is 22.3 Å². The number of aromatic nitrogens is 1. The number of hydrogen-bond donors (Lipinski definition) is 0. The number of anilines is 1. The minimum absolute atomic E-state index is 0.122. The largest absolute Gasteiger partial charge is 0.478 e. The lowest BCUT2D eigenvalue weighted by Crippen LogP contribution is -2.38. The summed E-state index contributed by atoms with van der Waals surface area (Å²) in [5, 5.41) is 0.533. The molecule has 0 saturated heterocycles. The molecule has 6 rings (SSSR count). The maximum Gasteiger partial charge on any atom is 0.303 e. The molecule has 10 heteroatoms. The molecule has 4 aromatic carbocycles. The van der Waals surface area contributed by atoms with E-state index in [-0.39, 0.29) is 36.1 Å². The topological polar surface area (TPSA) is 83.0 Å². The molecule has 0 fully saturated rings. The number of ether oxygens (including phenoxy) is 1. The summed E-state index contributed by atoms with van der Waals surface area (Å²) >= 11 is 0. The summed E-state index contributed by atoms with van der Waals surface area (Å²) in [6.07, 6.45) is 1.02. The van der Waals surface area contributed by atoms with Crippen LogP contribution in [-0.2, 0) is 23.3 Å². The fourth-order valence-electron chi connectivity index (χ4n) is 5.59. The summed E-state index contributed by atoms with van der Waals surface area (Å²) in [7, 11) is 0.454. The van der Waals surface area contributed by atoms with Gasteiger partial charge in [0.1, 0.15) is 17.4 Å². The zero-order chi connectivity index (χ0) is 31.0. The second-order valence-electron chi connectivity index (χ2n) is 10.8. The number of carbonyl (C=O) groups excluding carboxylic acids is 1. The first kappa shape index (κ1) is 29.3. The van der Waals surface area contributed by atoms with Gasteiger partial charge in [-0.05, 0) is 41.0 Å². The second-order valence-corrected chi connectivity index (χ2v) is 13.0. The Balaban J connectivity index is 1.58. The summed E-state index contributed by atoms with van der Waals surface area (Å²) in [4.78, 5) is 20.6. The number of benzene rings is 4. The minimum atomic E-state index is -3.94. The Kier molecular flexibility index (Phi) is 7.79. The first-order valence-corrected chi connectivity index (χ1v) is 15.5. The molecule has 8 nitrogen and oxygen atoms in total. The molecule has 1 aliphatic heterocycles. The van der Waals surface area contributed by atoms with Crippen molar-refractivity contribution in [1.82, 2.24) is 14.2 Å². The number of fused-ring (bicyclic) bond motifs is 2. The Bertz CT molecular complexity index is 1900. The molecule has 0 aliphatic carbocycles. The minimum Gasteiger partial charge on any atom is -0.478 e. The van der Waals surface area contributed by atoms with Crippen molar-refractivity contribution in [3.63, 3.8) is 0 Å². The van der Waals surface area contributed by atoms with Crippen molar-refractivity contribution in [2.24, 2.45) is 0 Å². The maximum absolute atomic E-state index is 14.3. The second kappa shape index (κ2) is 11.7. The molecule has 224 valence electrons. The highest BCUT2D eigenvalue weighted by molar-refractivity contribution is 7.90. The molecule has 1 aromatic heterocycles. The predicted molar refractivity (Wildman–Crippen MR) is 168 cm³/mol. The van der Waals surface area contributed by atoms with Crippen molar-refractivity contribution in [2.45, 2.75) is 19.2 Å². The summed E-state index contributed by atoms with van der Waals surface area (Å²) < 4.78 is 49.7. The van der Waals surface area contributed by atoms with Crippen LogP contribution < -0.4 is 9.04 Å². The quantitative estimate of drug-likeness (QED) is 0.206. The van der Waals surface area contributed by atoms with Gasteiger partial charge >= 0.3 is 10.2 Å². The SMILES string of the molecule is CN(C)S(=O)(=O)N(C)c1c2c(c(OC(c3ccccc3)c3ccccc3)c3ncccc13)C(=O)N(Cc1ccc(F)cc1)C2. The first-order chi connectivity index (χ1) is 21.2. The van der Waals surface area contributed by atoms with Crippen LogP contribution in [0.3, 0.4) is 0 Å². The molecule has 0 bridgehead atoms. The van der Waals surface area contributed by atoms with Gasteiger partial charge in [-0.1, -0.05) is 72.8 Å². The van der Waals surface area contributed by atoms with Gasteiger partial charge in [-0.15, -0.1) is 0 Å². The molecule has 0 N–H and O–H groups in total. The van der Waals surface area contributed by atoms with Crippen molar-refractivity contribution in [1.29, 1.82) is 0 Å². The van der Waals surface area contributed by atoms with Crippen LogP contribution in [0.4, 0.5) is 10.1 Å². The molecule has 0 unspecified atom stereocenters. The Hall–Kier alpha value is -4.80. The fraction of sp³-hybridized carbons (Fsp3) is 0.176. The lowest BCUT2D eigenvalue weighted by Gasteiger charge is -2.28. The third kappa shape index (κ3) is 5.27. The number of rotatable bonds is 9. The predicted octanol–water partition coefficient (Wildman–Crippen LogP) is 5.94. The van der Waals surface area contributed by atoms with Gasteiger partial charge in [-0.3, -0.25) is 14.1 Å². The van der Waals surface area contributed by atoms with Gasteiger partial charge in [0.2, 0.25) is 0 Å². The Morgan fingerprint density at radius 2 is 1.50 bits per heavy atom. The number of nitrogens with zero attached hydrogens (tertiary/aromatic N) is 4. The lowest BCUT2D eigenvalue weighted by molar-refractivity contribution is 0.0762. The van der Waals surface area contributed by atoms with Crippen LogP contribution in [0, 0.1) is 5.82 Å². The number of halogens is 1. The van der Waals surface area contributed by atoms with Crippen LogP contribution in [0.15, 0.2) is 103 Å². The van der Waals surface area contributed by atoms with Gasteiger partial charge in [0.15, 0.2) is 5.75 Å². The fourth-order valence-corrected chi connectivity index (χ4v) is 6.52. The third-order valence-corrected chi connectivity index (χ3v) is 9.59. The zero-order valence-electron chi connectivity index (χ0n) is 24.5. The number of hydrogen-bond acceptors (Lipinski definition) is 5. The molecule has 44 heavy (non-hydrogen) atoms. The Morgan fingerprint density at radius 1 is 0.886 bits per heavy atom. The Labute approximate surface area is 256 Å². The molecule has 1 aliphatic rings. The molecule has 2 heterocycles. The smallest absolute Gasteiger partial charge is 0.303 e. The van der Waals surface area contributed by atoms with E-state index in [1.54, 1.807) is 35.4 Å². The third-order valence-electron chi connectivity index (χ3n) is 7.79. The van der Waals surface area contributed by atoms with Gasteiger partial charge in [0.05, 0.1) is 11.3 Å². The molecule has 0 atom stereocenters. The number of carbonyl (C=O) groups is 1. The molecular weight excluding hydrogens is 579 g/mol. The Morgan fingerprint density at radius 3 is 2.09 bits per heavy atom. The van der Waals surface area contributed by atoms with E-state index in [0.717, 1.165) is 21.0 Å². The van der Waals surface area contributed by atoms with E-state index in [9.17, 15) is 17.6 Å². The lowest BCUT2D eigenvalue weighted by atomic mass is 9.99. The van der Waals surface area contributed by atoms with Gasteiger partial charge in [0, 0.05) is 51.4 Å². The summed E-state index contributed by atoms with van der Waals surface area (Å²) in [5.41, 5.74) is 3.99. The monoisotopic (exact) mass is 610 g/mol. The molecule has 5 aromatic rings. The summed E-state index contributed by atoms with van der Waals surface area (Å²) in [5.74, 6) is -0.425. The molecule has 0 spiro atoms. The molecule has 1 amide bonds. The molecule has 0 saturated carbocycles. The van der Waals surface area contributed by atoms with Crippen LogP contribution in [0.5, 0.6) is 5.75 Å². The zero-order valence-corrected chi connectivity index (χ0v) is 25.3. The van der Waals surface area contributed by atoms with Crippen LogP contribution in [0.25, 0.3) is 10.9 Å². The average Bonchev–Trinajstić information content (AvgIpc) is 3.35. The van der Waals surface area contributed by atoms with E-state index < -0.39 is 16.3 Å². The van der Waals surface area contributed by atoms with Gasteiger partial charge in [-0.2, -0.15) is 12.7 Å². The van der Waals surface area contributed by atoms with Gasteiger partial charge < -0.3 is 9.64 Å². The van der Waals surface area contributed by atoms with Crippen molar-refractivity contribution in [3.8, 4) is 5.75 Å². The van der Waals surface area contributed by atoms with Crippen molar-refractivity contribution >= 4 is 32.7 Å². The van der Waals surface area contributed by atoms with E-state index in [4.69, 9.17) is 4.74 Å². The van der Waals surface area contributed by atoms with Crippen LogP contribution in [0.2, 0.25) is 0 Å². The number of pyridine rings is 1. The van der Waals surface area contributed by atoms with Crippen molar-refractivity contribution in [2.75, 3.05) is 25.4 Å². The van der Waals surface area contributed by atoms with Crippen molar-refractivity contribution in [3.05, 3.63) is 137 Å². The maximum atomic E-state index is 14.3. The van der Waals surface area contributed by atoms with Crippen LogP contribution in [0.1, 0.15) is 38.7 Å². The van der Waals surface area contributed by atoms with E-state index >= 15 is 0 Å². The molecular formula is C34H31FN4O4S. The molecule has 0 radical (unpaired) electrons. The summed E-state index contributed by atoms with van der Waals surface area (Å²) in [6.45, 7) is 0.318. The first-order valence-electron chi connectivity index (χ1n) is 14.1.